The number of amides is 1. The zero-order valence-corrected chi connectivity index (χ0v) is 14.4. The molecule has 0 saturated carbocycles. The number of halogens is 1. The van der Waals surface area contributed by atoms with Gasteiger partial charge in [-0.2, -0.15) is 0 Å². The summed E-state index contributed by atoms with van der Waals surface area (Å²) in [5.74, 6) is 0.701. The minimum absolute atomic E-state index is 0.00755. The Morgan fingerprint density at radius 2 is 2.18 bits per heavy atom. The Labute approximate surface area is 139 Å². The van der Waals surface area contributed by atoms with E-state index in [4.69, 9.17) is 11.6 Å². The maximum Gasteiger partial charge on any atom is 0.230 e. The lowest BCUT2D eigenvalue weighted by atomic mass is 10.1. The Kier molecular flexibility index (Phi) is 5.85. The van der Waals surface area contributed by atoms with Crippen LogP contribution in [0.2, 0.25) is 5.02 Å². The van der Waals surface area contributed by atoms with Gasteiger partial charge in [0, 0.05) is 11.1 Å². The first-order valence-electron chi connectivity index (χ1n) is 7.05. The van der Waals surface area contributed by atoms with Crippen LogP contribution >= 0.6 is 23.4 Å². The number of rotatable bonds is 6. The van der Waals surface area contributed by atoms with Crippen LogP contribution in [-0.4, -0.2) is 32.5 Å². The van der Waals surface area contributed by atoms with E-state index in [1.54, 1.807) is 6.33 Å². The topological polar surface area (TPSA) is 59.8 Å². The Balaban J connectivity index is 2.00. The summed E-state index contributed by atoms with van der Waals surface area (Å²) >= 11 is 7.35. The third-order valence-corrected chi connectivity index (χ3v) is 4.50. The summed E-state index contributed by atoms with van der Waals surface area (Å²) in [6.45, 7) is 6.16. The van der Waals surface area contributed by atoms with Crippen LogP contribution in [-0.2, 0) is 4.79 Å². The molecule has 1 atom stereocenters. The lowest BCUT2D eigenvalue weighted by molar-refractivity contribution is -0.119. The minimum atomic E-state index is -0.00755. The fraction of sp³-hybridized carbons (Fsp3) is 0.400. The molecule has 1 aromatic carbocycles. The second kappa shape index (κ2) is 7.65. The van der Waals surface area contributed by atoms with Gasteiger partial charge in [0.2, 0.25) is 5.91 Å². The van der Waals surface area contributed by atoms with Crippen molar-refractivity contribution in [2.75, 3.05) is 5.75 Å². The van der Waals surface area contributed by atoms with E-state index in [0.29, 0.717) is 21.8 Å². The van der Waals surface area contributed by atoms with E-state index in [-0.39, 0.29) is 11.9 Å². The third kappa shape index (κ3) is 4.48. The highest BCUT2D eigenvalue weighted by atomic mass is 35.5. The molecule has 0 aliphatic heterocycles. The number of aromatic nitrogens is 3. The van der Waals surface area contributed by atoms with Gasteiger partial charge in [0.25, 0.3) is 0 Å². The predicted molar refractivity (Wildman–Crippen MR) is 89.5 cm³/mol. The van der Waals surface area contributed by atoms with Crippen molar-refractivity contribution in [2.45, 2.75) is 32.0 Å². The lowest BCUT2D eigenvalue weighted by Crippen LogP contribution is -2.37. The molecule has 2 aromatic rings. The van der Waals surface area contributed by atoms with E-state index in [0.717, 1.165) is 5.69 Å². The molecule has 1 aromatic heterocycles. The predicted octanol–water partition coefficient (Wildman–Crippen LogP) is 3.17. The molecule has 118 valence electrons. The summed E-state index contributed by atoms with van der Waals surface area (Å²) in [6.07, 6.45) is 1.61. The first-order valence-corrected chi connectivity index (χ1v) is 8.42. The van der Waals surface area contributed by atoms with Crippen molar-refractivity contribution in [3.8, 4) is 5.69 Å². The maximum atomic E-state index is 11.9. The van der Waals surface area contributed by atoms with Crippen molar-refractivity contribution in [3.05, 3.63) is 35.6 Å². The normalized spacial score (nSPS) is 12.4. The first kappa shape index (κ1) is 16.8. The van der Waals surface area contributed by atoms with Gasteiger partial charge in [-0.25, -0.2) is 0 Å². The highest BCUT2D eigenvalue weighted by Crippen LogP contribution is 2.21. The van der Waals surface area contributed by atoms with Gasteiger partial charge in [0.15, 0.2) is 5.16 Å². The molecule has 1 N–H and O–H groups in total. The molecule has 1 amide bonds. The molecule has 0 aliphatic rings. The molecule has 1 unspecified atom stereocenters. The molecule has 0 bridgehead atoms. The Morgan fingerprint density at radius 1 is 1.41 bits per heavy atom. The Hall–Kier alpha value is -1.53. The van der Waals surface area contributed by atoms with E-state index in [1.165, 1.54) is 11.8 Å². The standard InChI is InChI=1S/C15H19ClN4OS/c1-10(2)11(3)18-14(21)8-22-15-19-17-9-20(15)13-6-4-5-12(16)7-13/h4-7,9-11H,8H2,1-3H3,(H,18,21). The molecular weight excluding hydrogens is 320 g/mol. The van der Waals surface area contributed by atoms with E-state index in [9.17, 15) is 4.79 Å². The number of carbonyl (C=O) groups is 1. The van der Waals surface area contributed by atoms with Crippen molar-refractivity contribution in [1.82, 2.24) is 20.1 Å². The van der Waals surface area contributed by atoms with E-state index >= 15 is 0 Å². The molecule has 2 rings (SSSR count). The third-order valence-electron chi connectivity index (χ3n) is 3.32. The van der Waals surface area contributed by atoms with Gasteiger partial charge in [0.05, 0.1) is 11.4 Å². The van der Waals surface area contributed by atoms with Crippen LogP contribution in [0.5, 0.6) is 0 Å². The molecule has 0 radical (unpaired) electrons. The number of carbonyl (C=O) groups excluding carboxylic acids is 1. The van der Waals surface area contributed by atoms with Gasteiger partial charge >= 0.3 is 0 Å². The zero-order valence-electron chi connectivity index (χ0n) is 12.8. The molecule has 0 aliphatic carbocycles. The van der Waals surface area contributed by atoms with Crippen molar-refractivity contribution in [3.63, 3.8) is 0 Å². The monoisotopic (exact) mass is 338 g/mol. The van der Waals surface area contributed by atoms with E-state index in [2.05, 4.69) is 29.4 Å². The van der Waals surface area contributed by atoms with Gasteiger partial charge in [-0.3, -0.25) is 9.36 Å². The maximum absolute atomic E-state index is 11.9. The van der Waals surface area contributed by atoms with Gasteiger partial charge in [-0.1, -0.05) is 43.3 Å². The first-order chi connectivity index (χ1) is 10.5. The van der Waals surface area contributed by atoms with E-state index in [1.807, 2.05) is 35.8 Å². The summed E-state index contributed by atoms with van der Waals surface area (Å²) < 4.78 is 1.82. The Morgan fingerprint density at radius 3 is 2.86 bits per heavy atom. The summed E-state index contributed by atoms with van der Waals surface area (Å²) in [7, 11) is 0. The van der Waals surface area contributed by atoms with Crippen LogP contribution in [0.25, 0.3) is 5.69 Å². The zero-order chi connectivity index (χ0) is 16.1. The highest BCUT2D eigenvalue weighted by molar-refractivity contribution is 7.99. The average Bonchev–Trinajstić information content (AvgIpc) is 2.93. The molecule has 0 spiro atoms. The van der Waals surface area contributed by atoms with Crippen LogP contribution in [0.1, 0.15) is 20.8 Å². The minimum Gasteiger partial charge on any atom is -0.353 e. The average molecular weight is 339 g/mol. The van der Waals surface area contributed by atoms with Gasteiger partial charge < -0.3 is 5.32 Å². The summed E-state index contributed by atoms with van der Waals surface area (Å²) in [5, 5.41) is 12.3. The fourth-order valence-electron chi connectivity index (χ4n) is 1.72. The number of thioether (sulfide) groups is 1. The van der Waals surface area contributed by atoms with Crippen molar-refractivity contribution in [1.29, 1.82) is 0 Å². The number of hydrogen-bond acceptors (Lipinski definition) is 4. The largest absolute Gasteiger partial charge is 0.353 e. The quantitative estimate of drug-likeness (QED) is 0.822. The van der Waals surface area contributed by atoms with E-state index < -0.39 is 0 Å². The molecule has 1 heterocycles. The second-order valence-corrected chi connectivity index (χ2v) is 6.73. The SMILES string of the molecule is CC(C)C(C)NC(=O)CSc1nncn1-c1cccc(Cl)c1. The van der Waals surface area contributed by atoms with Gasteiger partial charge in [-0.05, 0) is 31.0 Å². The second-order valence-electron chi connectivity index (χ2n) is 5.35. The van der Waals surface area contributed by atoms with Crippen molar-refractivity contribution in [2.24, 2.45) is 5.92 Å². The van der Waals surface area contributed by atoms with Gasteiger partial charge in [0.1, 0.15) is 6.33 Å². The number of nitrogens with one attached hydrogen (secondary N) is 1. The van der Waals surface area contributed by atoms with Crippen LogP contribution < -0.4 is 5.32 Å². The van der Waals surface area contributed by atoms with Gasteiger partial charge in [-0.15, -0.1) is 10.2 Å². The summed E-state index contributed by atoms with van der Waals surface area (Å²) in [5.41, 5.74) is 0.871. The highest BCUT2D eigenvalue weighted by Gasteiger charge is 2.13. The smallest absolute Gasteiger partial charge is 0.230 e. The van der Waals surface area contributed by atoms with Crippen molar-refractivity contribution < 1.29 is 4.79 Å². The molecule has 0 saturated heterocycles. The summed E-state index contributed by atoms with van der Waals surface area (Å²) in [6, 6.07) is 7.57. The van der Waals surface area contributed by atoms with Crippen LogP contribution in [0.4, 0.5) is 0 Å². The lowest BCUT2D eigenvalue weighted by Gasteiger charge is -2.17. The van der Waals surface area contributed by atoms with Crippen LogP contribution in [0.15, 0.2) is 35.7 Å². The molecular formula is C15H19ClN4OS. The fourth-order valence-corrected chi connectivity index (χ4v) is 2.64. The molecule has 5 nitrogen and oxygen atoms in total. The number of benzene rings is 1. The molecule has 22 heavy (non-hydrogen) atoms. The van der Waals surface area contributed by atoms with Crippen molar-refractivity contribution >= 4 is 29.3 Å². The molecule has 0 fully saturated rings. The van der Waals surface area contributed by atoms with Crippen LogP contribution in [0, 0.1) is 5.92 Å². The Bertz CT molecular complexity index is 644. The molecule has 7 heteroatoms. The van der Waals surface area contributed by atoms with Crippen LogP contribution in [0.3, 0.4) is 0 Å². The number of hydrogen-bond donors (Lipinski definition) is 1. The summed E-state index contributed by atoms with van der Waals surface area (Å²) in [4.78, 5) is 11.9. The number of nitrogens with zero attached hydrogens (tertiary/aromatic N) is 3.